The van der Waals surface area contributed by atoms with Gasteiger partial charge in [0.05, 0.1) is 22.9 Å². The summed E-state index contributed by atoms with van der Waals surface area (Å²) in [6.07, 6.45) is 7.24. The Hall–Kier alpha value is -0.0000000000000000555. The zero-order chi connectivity index (χ0) is 10.5. The molecule has 84 valence electrons. The summed E-state index contributed by atoms with van der Waals surface area (Å²) in [5.41, 5.74) is -0.0932. The van der Waals surface area contributed by atoms with E-state index in [1.165, 1.54) is 19.3 Å². The summed E-state index contributed by atoms with van der Waals surface area (Å²) in [6, 6.07) is 0. The maximum Gasteiger partial charge on any atom is 0.416 e. The normalized spacial score (nSPS) is 46.6. The monoisotopic (exact) mass is 321 g/mol. The average molecular weight is 321 g/mol. The minimum Gasteiger partial charge on any atom is -0.442 e. The minimum absolute atomic E-state index is 0.0932. The van der Waals surface area contributed by atoms with Crippen LogP contribution in [-0.2, 0) is 4.74 Å². The molecule has 0 aliphatic heterocycles. The van der Waals surface area contributed by atoms with Gasteiger partial charge in [-0.15, -0.1) is 0 Å². The zero-order valence-corrected chi connectivity index (χ0v) is 10.8. The van der Waals surface area contributed by atoms with Crippen LogP contribution in [-0.4, -0.2) is 11.7 Å². The number of carbonyl (C=O) groups is 1. The molecule has 0 aromatic carbocycles. The SMILES string of the molecule is O=C(NI)OC12CC3CC(CC(C3)C1)C2. The molecule has 3 nitrogen and oxygen atoms in total. The highest BCUT2D eigenvalue weighted by Crippen LogP contribution is 2.57. The van der Waals surface area contributed by atoms with Crippen LogP contribution in [0, 0.1) is 17.8 Å². The first-order valence-corrected chi connectivity index (χ1v) is 6.86. The van der Waals surface area contributed by atoms with E-state index in [4.69, 9.17) is 4.74 Å². The van der Waals surface area contributed by atoms with E-state index in [9.17, 15) is 4.79 Å². The molecule has 0 saturated heterocycles. The van der Waals surface area contributed by atoms with Gasteiger partial charge in [-0.05, 0) is 56.3 Å². The van der Waals surface area contributed by atoms with E-state index >= 15 is 0 Å². The highest BCUT2D eigenvalue weighted by molar-refractivity contribution is 14.1. The molecule has 0 atom stereocenters. The summed E-state index contributed by atoms with van der Waals surface area (Å²) in [6.45, 7) is 0. The summed E-state index contributed by atoms with van der Waals surface area (Å²) in [4.78, 5) is 11.4. The van der Waals surface area contributed by atoms with Crippen molar-refractivity contribution < 1.29 is 9.53 Å². The fourth-order valence-corrected chi connectivity index (χ4v) is 4.48. The van der Waals surface area contributed by atoms with Crippen LogP contribution in [0.5, 0.6) is 0 Å². The van der Waals surface area contributed by atoms with Crippen LogP contribution in [0.25, 0.3) is 0 Å². The predicted molar refractivity (Wildman–Crippen MR) is 64.5 cm³/mol. The third-order valence-corrected chi connectivity index (χ3v) is 4.81. The Morgan fingerprint density at radius 1 is 1.13 bits per heavy atom. The number of hydrogen-bond acceptors (Lipinski definition) is 2. The van der Waals surface area contributed by atoms with Crippen molar-refractivity contribution in [3.05, 3.63) is 0 Å². The number of carbonyl (C=O) groups excluding carboxylic acids is 1. The largest absolute Gasteiger partial charge is 0.442 e. The highest BCUT2D eigenvalue weighted by atomic mass is 127. The Bertz CT molecular complexity index is 257. The fourth-order valence-electron chi connectivity index (χ4n) is 4.37. The lowest BCUT2D eigenvalue weighted by Gasteiger charge is -2.55. The molecule has 1 amide bonds. The molecule has 0 radical (unpaired) electrons. The van der Waals surface area contributed by atoms with Crippen molar-refractivity contribution >= 4 is 29.0 Å². The number of halogens is 1. The van der Waals surface area contributed by atoms with Gasteiger partial charge in [-0.2, -0.15) is 0 Å². The van der Waals surface area contributed by atoms with Gasteiger partial charge >= 0.3 is 6.09 Å². The lowest BCUT2D eigenvalue weighted by Crippen LogP contribution is -2.53. The fraction of sp³-hybridized carbons (Fsp3) is 0.909. The molecule has 4 aliphatic rings. The van der Waals surface area contributed by atoms with E-state index in [-0.39, 0.29) is 11.7 Å². The topological polar surface area (TPSA) is 38.3 Å². The molecule has 1 N–H and O–H groups in total. The van der Waals surface area contributed by atoms with Crippen molar-refractivity contribution in [2.24, 2.45) is 17.8 Å². The minimum atomic E-state index is -0.252. The van der Waals surface area contributed by atoms with E-state index in [0.29, 0.717) is 0 Å². The molecule has 0 unspecified atom stereocenters. The number of nitrogens with one attached hydrogen (secondary N) is 1. The number of rotatable bonds is 1. The Labute approximate surface area is 104 Å². The second kappa shape index (κ2) is 3.50. The smallest absolute Gasteiger partial charge is 0.416 e. The molecule has 0 heterocycles. The van der Waals surface area contributed by atoms with Crippen LogP contribution in [0.15, 0.2) is 0 Å². The second-order valence-corrected chi connectivity index (χ2v) is 6.12. The molecule has 15 heavy (non-hydrogen) atoms. The van der Waals surface area contributed by atoms with Gasteiger partial charge < -0.3 is 4.74 Å². The van der Waals surface area contributed by atoms with Gasteiger partial charge in [-0.3, -0.25) is 3.53 Å². The zero-order valence-electron chi connectivity index (χ0n) is 8.67. The Balaban J connectivity index is 1.78. The van der Waals surface area contributed by atoms with Gasteiger partial charge in [-0.1, -0.05) is 0 Å². The van der Waals surface area contributed by atoms with E-state index in [2.05, 4.69) is 3.53 Å². The van der Waals surface area contributed by atoms with Crippen LogP contribution in [0.1, 0.15) is 38.5 Å². The van der Waals surface area contributed by atoms with Crippen LogP contribution in [0.2, 0.25) is 0 Å². The first-order valence-electron chi connectivity index (χ1n) is 5.79. The van der Waals surface area contributed by atoms with Gasteiger partial charge in [0, 0.05) is 0 Å². The van der Waals surface area contributed by atoms with E-state index < -0.39 is 0 Å². The van der Waals surface area contributed by atoms with Gasteiger partial charge in [-0.25, -0.2) is 4.79 Å². The lowest BCUT2D eigenvalue weighted by molar-refractivity contribution is -0.125. The maximum absolute atomic E-state index is 11.4. The van der Waals surface area contributed by atoms with Crippen LogP contribution in [0.4, 0.5) is 4.79 Å². The molecule has 4 rings (SSSR count). The molecule has 4 fully saturated rings. The van der Waals surface area contributed by atoms with Crippen molar-refractivity contribution in [2.45, 2.75) is 44.1 Å². The Kier molecular flexibility index (Phi) is 2.37. The van der Waals surface area contributed by atoms with Crippen molar-refractivity contribution in [1.82, 2.24) is 3.53 Å². The first kappa shape index (κ1) is 10.2. The molecule has 4 bridgehead atoms. The molecule has 4 aliphatic carbocycles. The number of amides is 1. The lowest BCUT2D eigenvalue weighted by atomic mass is 9.54. The van der Waals surface area contributed by atoms with Crippen molar-refractivity contribution in [2.75, 3.05) is 0 Å². The second-order valence-electron chi connectivity index (χ2n) is 5.58. The van der Waals surface area contributed by atoms with Crippen molar-refractivity contribution in [3.63, 3.8) is 0 Å². The molecular formula is C11H16INO2. The average Bonchev–Trinajstić information content (AvgIpc) is 2.14. The van der Waals surface area contributed by atoms with Gasteiger partial charge in [0.1, 0.15) is 5.60 Å². The van der Waals surface area contributed by atoms with Gasteiger partial charge in [0.2, 0.25) is 0 Å². The summed E-state index contributed by atoms with van der Waals surface area (Å²) < 4.78 is 8.19. The number of ether oxygens (including phenoxy) is 1. The summed E-state index contributed by atoms with van der Waals surface area (Å²) >= 11 is 1.85. The van der Waals surface area contributed by atoms with Crippen LogP contribution < -0.4 is 3.53 Å². The summed E-state index contributed by atoms with van der Waals surface area (Å²) in [5.74, 6) is 2.50. The van der Waals surface area contributed by atoms with Crippen molar-refractivity contribution in [1.29, 1.82) is 0 Å². The standard InChI is InChI=1S/C11H16INO2/c12-13-10(14)15-11-4-7-1-8(5-11)3-9(2-7)6-11/h7-9H,1-6H2,(H,13,14). The Morgan fingerprint density at radius 2 is 1.60 bits per heavy atom. The molecule has 4 saturated carbocycles. The highest BCUT2D eigenvalue weighted by Gasteiger charge is 2.53. The first-order chi connectivity index (χ1) is 7.19. The predicted octanol–water partition coefficient (Wildman–Crippen LogP) is 3.03. The van der Waals surface area contributed by atoms with E-state index in [1.54, 1.807) is 0 Å². The van der Waals surface area contributed by atoms with Gasteiger partial charge in [0.25, 0.3) is 0 Å². The molecule has 0 aromatic heterocycles. The molecule has 4 heteroatoms. The van der Waals surface area contributed by atoms with Crippen molar-refractivity contribution in [3.8, 4) is 0 Å². The summed E-state index contributed by atoms with van der Waals surface area (Å²) in [5, 5.41) is 0. The van der Waals surface area contributed by atoms with E-state index in [1.807, 2.05) is 22.9 Å². The van der Waals surface area contributed by atoms with Crippen LogP contribution >= 0.6 is 22.9 Å². The maximum atomic E-state index is 11.4. The quantitative estimate of drug-likeness (QED) is 0.595. The number of hydrogen-bond donors (Lipinski definition) is 1. The molecule has 0 aromatic rings. The third kappa shape index (κ3) is 1.74. The summed E-state index contributed by atoms with van der Waals surface area (Å²) in [7, 11) is 0. The molecular weight excluding hydrogens is 305 g/mol. The van der Waals surface area contributed by atoms with E-state index in [0.717, 1.165) is 37.0 Å². The van der Waals surface area contributed by atoms with Crippen LogP contribution in [0.3, 0.4) is 0 Å². The third-order valence-electron chi connectivity index (χ3n) is 4.37. The van der Waals surface area contributed by atoms with Gasteiger partial charge in [0.15, 0.2) is 0 Å². The Morgan fingerprint density at radius 3 is 2.00 bits per heavy atom. The molecule has 0 spiro atoms.